The number of alkyl halides is 3. The molecule has 0 spiro atoms. The molecular formula is C18H20ClF3N6O. The van der Waals surface area contributed by atoms with Crippen LogP contribution in [0.4, 0.5) is 13.2 Å². The third kappa shape index (κ3) is 4.14. The molecule has 3 aromatic rings. The van der Waals surface area contributed by atoms with Crippen molar-refractivity contribution in [1.29, 1.82) is 0 Å². The molecule has 1 aliphatic heterocycles. The highest BCUT2D eigenvalue weighted by molar-refractivity contribution is 5.85. The molecule has 1 saturated heterocycles. The van der Waals surface area contributed by atoms with E-state index in [-0.39, 0.29) is 18.4 Å². The maximum absolute atomic E-state index is 13.0. The lowest BCUT2D eigenvalue weighted by Crippen LogP contribution is -2.44. The second-order valence-electron chi connectivity index (χ2n) is 6.76. The Morgan fingerprint density at radius 2 is 2.07 bits per heavy atom. The van der Waals surface area contributed by atoms with Crippen molar-refractivity contribution in [1.82, 2.24) is 30.1 Å². The first-order valence-electron chi connectivity index (χ1n) is 8.82. The molecule has 29 heavy (non-hydrogen) atoms. The summed E-state index contributed by atoms with van der Waals surface area (Å²) in [5, 5.41) is 11.6. The van der Waals surface area contributed by atoms with Gasteiger partial charge in [0.15, 0.2) is 5.82 Å². The summed E-state index contributed by atoms with van der Waals surface area (Å²) in [7, 11) is 2.00. The molecule has 1 N–H and O–H groups in total. The Hall–Kier alpha value is -2.43. The van der Waals surface area contributed by atoms with E-state index in [2.05, 4.69) is 25.5 Å². The van der Waals surface area contributed by atoms with E-state index in [1.165, 1.54) is 16.9 Å². The Morgan fingerprint density at radius 1 is 1.28 bits per heavy atom. The summed E-state index contributed by atoms with van der Waals surface area (Å²) in [4.78, 5) is 6.63. The van der Waals surface area contributed by atoms with Gasteiger partial charge in [-0.3, -0.25) is 4.90 Å². The van der Waals surface area contributed by atoms with E-state index < -0.39 is 11.7 Å². The van der Waals surface area contributed by atoms with Gasteiger partial charge in [0, 0.05) is 19.6 Å². The normalized spacial score (nSPS) is 17.9. The zero-order valence-corrected chi connectivity index (χ0v) is 16.6. The molecule has 2 aromatic heterocycles. The molecule has 11 heteroatoms. The predicted octanol–water partition coefficient (Wildman–Crippen LogP) is 3.25. The van der Waals surface area contributed by atoms with Gasteiger partial charge in [-0.05, 0) is 32.2 Å². The van der Waals surface area contributed by atoms with Crippen LogP contribution < -0.4 is 5.32 Å². The zero-order chi connectivity index (χ0) is 19.9. The molecule has 0 bridgehead atoms. The van der Waals surface area contributed by atoms with Crippen LogP contribution in [-0.4, -0.2) is 51.5 Å². The summed E-state index contributed by atoms with van der Waals surface area (Å²) >= 11 is 0. The fourth-order valence-corrected chi connectivity index (χ4v) is 3.27. The molecular weight excluding hydrogens is 409 g/mol. The number of hydrogen-bond acceptors (Lipinski definition) is 6. The number of rotatable bonds is 3. The average molecular weight is 429 g/mol. The molecule has 1 atom stereocenters. The summed E-state index contributed by atoms with van der Waals surface area (Å²) in [5.74, 6) is 0.862. The van der Waals surface area contributed by atoms with Crippen molar-refractivity contribution in [3.05, 3.63) is 47.5 Å². The van der Waals surface area contributed by atoms with Crippen molar-refractivity contribution in [3.63, 3.8) is 0 Å². The van der Waals surface area contributed by atoms with Crippen LogP contribution in [0.15, 0.2) is 35.0 Å². The van der Waals surface area contributed by atoms with Crippen molar-refractivity contribution >= 4 is 12.4 Å². The number of likely N-dealkylation sites (N-methyl/N-ethyl adjacent to an activating group) is 1. The second kappa shape index (κ2) is 8.13. The van der Waals surface area contributed by atoms with E-state index in [4.69, 9.17) is 4.52 Å². The van der Waals surface area contributed by atoms with Crippen LogP contribution in [0, 0.1) is 6.92 Å². The van der Waals surface area contributed by atoms with Gasteiger partial charge in [0.1, 0.15) is 0 Å². The highest BCUT2D eigenvalue weighted by Gasteiger charge is 2.31. The van der Waals surface area contributed by atoms with Crippen LogP contribution >= 0.6 is 12.4 Å². The van der Waals surface area contributed by atoms with Gasteiger partial charge in [0.2, 0.25) is 0 Å². The minimum Gasteiger partial charge on any atom is -0.334 e. The fraction of sp³-hybridized carbons (Fsp3) is 0.389. The molecule has 3 heterocycles. The van der Waals surface area contributed by atoms with Gasteiger partial charge >= 0.3 is 6.18 Å². The Balaban J connectivity index is 0.00000240. The Labute approximate surface area is 171 Å². The van der Waals surface area contributed by atoms with Gasteiger partial charge in [-0.1, -0.05) is 11.2 Å². The fourth-order valence-electron chi connectivity index (χ4n) is 3.27. The van der Waals surface area contributed by atoms with Gasteiger partial charge in [-0.2, -0.15) is 23.3 Å². The van der Waals surface area contributed by atoms with Crippen LogP contribution in [0.3, 0.4) is 0 Å². The van der Waals surface area contributed by atoms with E-state index >= 15 is 0 Å². The maximum Gasteiger partial charge on any atom is 0.416 e. The zero-order valence-electron chi connectivity index (χ0n) is 15.8. The van der Waals surface area contributed by atoms with E-state index in [1.54, 1.807) is 13.0 Å². The lowest BCUT2D eigenvalue weighted by atomic mass is 10.2. The average Bonchev–Trinajstić information content (AvgIpc) is 3.28. The van der Waals surface area contributed by atoms with Crippen LogP contribution in [0.2, 0.25) is 0 Å². The molecule has 1 fully saturated rings. The molecule has 0 saturated carbocycles. The van der Waals surface area contributed by atoms with Crippen molar-refractivity contribution in [3.8, 4) is 17.1 Å². The topological polar surface area (TPSA) is 72.0 Å². The molecule has 156 valence electrons. The summed E-state index contributed by atoms with van der Waals surface area (Å²) < 4.78 is 45.8. The number of halogens is 4. The number of benzene rings is 1. The van der Waals surface area contributed by atoms with Gasteiger partial charge in [-0.15, -0.1) is 12.4 Å². The van der Waals surface area contributed by atoms with Crippen molar-refractivity contribution in [2.24, 2.45) is 0 Å². The molecule has 1 unspecified atom stereocenters. The van der Waals surface area contributed by atoms with Gasteiger partial charge in [0.05, 0.1) is 34.7 Å². The number of hydrogen-bond donors (Lipinski definition) is 1. The van der Waals surface area contributed by atoms with Crippen LogP contribution in [0.5, 0.6) is 0 Å². The summed E-state index contributed by atoms with van der Waals surface area (Å²) in [6.07, 6.45) is -2.89. The lowest BCUT2D eigenvalue weighted by molar-refractivity contribution is -0.137. The van der Waals surface area contributed by atoms with Gasteiger partial charge < -0.3 is 9.84 Å². The number of nitrogens with one attached hydrogen (secondary N) is 1. The molecule has 0 amide bonds. The number of aromatic nitrogens is 4. The highest BCUT2D eigenvalue weighted by Crippen LogP contribution is 2.31. The Bertz CT molecular complexity index is 986. The minimum absolute atomic E-state index is 0. The van der Waals surface area contributed by atoms with E-state index in [0.29, 0.717) is 28.7 Å². The number of piperazine rings is 1. The monoisotopic (exact) mass is 428 g/mol. The predicted molar refractivity (Wildman–Crippen MR) is 102 cm³/mol. The minimum atomic E-state index is -4.42. The van der Waals surface area contributed by atoms with E-state index in [1.807, 2.05) is 7.05 Å². The molecule has 7 nitrogen and oxygen atoms in total. The Morgan fingerprint density at radius 3 is 2.79 bits per heavy atom. The van der Waals surface area contributed by atoms with E-state index in [0.717, 1.165) is 31.8 Å². The third-order valence-electron chi connectivity index (χ3n) is 4.91. The van der Waals surface area contributed by atoms with Crippen molar-refractivity contribution in [2.45, 2.75) is 19.1 Å². The smallest absolute Gasteiger partial charge is 0.334 e. The molecule has 0 radical (unpaired) electrons. The first kappa shape index (κ1) is 21.3. The molecule has 4 rings (SSSR count). The molecule has 1 aliphatic rings. The molecule has 0 aliphatic carbocycles. The van der Waals surface area contributed by atoms with Gasteiger partial charge in [-0.25, -0.2) is 4.68 Å². The van der Waals surface area contributed by atoms with Crippen molar-refractivity contribution < 1.29 is 17.7 Å². The number of nitrogens with zero attached hydrogens (tertiary/aromatic N) is 5. The Kier molecular flexibility index (Phi) is 5.97. The third-order valence-corrected chi connectivity index (χ3v) is 4.91. The first-order valence-corrected chi connectivity index (χ1v) is 8.82. The largest absolute Gasteiger partial charge is 0.416 e. The standard InChI is InChI=1S/C18H19F3N6O.ClH/c1-11-14(17-24-16(25-28-17)15-10-22-6-7-26(15)2)9-23-27(11)13-5-3-4-12(8-13)18(19,20)21;/h3-5,8-9,15,22H,6-7,10H2,1-2H3;1H. The van der Waals surface area contributed by atoms with Crippen LogP contribution in [0.25, 0.3) is 17.1 Å². The quantitative estimate of drug-likeness (QED) is 0.690. The lowest BCUT2D eigenvalue weighted by Gasteiger charge is -2.30. The maximum atomic E-state index is 13.0. The van der Waals surface area contributed by atoms with Crippen LogP contribution in [-0.2, 0) is 6.18 Å². The summed E-state index contributed by atoms with van der Waals surface area (Å²) in [5.41, 5.74) is 0.788. The SMILES string of the molecule is Cc1c(-c2nc(C3CNCCN3C)no2)cnn1-c1cccc(C(F)(F)F)c1.Cl. The summed E-state index contributed by atoms with van der Waals surface area (Å²) in [6, 6.07) is 5.02. The van der Waals surface area contributed by atoms with Gasteiger partial charge in [0.25, 0.3) is 5.89 Å². The summed E-state index contributed by atoms with van der Waals surface area (Å²) in [6.45, 7) is 4.25. The van der Waals surface area contributed by atoms with E-state index in [9.17, 15) is 13.2 Å². The first-order chi connectivity index (χ1) is 13.3. The highest BCUT2D eigenvalue weighted by atomic mass is 35.5. The van der Waals surface area contributed by atoms with Crippen LogP contribution in [0.1, 0.15) is 23.1 Å². The second-order valence-corrected chi connectivity index (χ2v) is 6.76. The molecule has 1 aromatic carbocycles. The van der Waals surface area contributed by atoms with Crippen molar-refractivity contribution in [2.75, 3.05) is 26.7 Å².